The lowest BCUT2D eigenvalue weighted by Crippen LogP contribution is -2.56. The first-order chi connectivity index (χ1) is 10.9. The van der Waals surface area contributed by atoms with Crippen molar-refractivity contribution in [3.8, 4) is 0 Å². The van der Waals surface area contributed by atoms with E-state index < -0.39 is 24.5 Å². The summed E-state index contributed by atoms with van der Waals surface area (Å²) in [5.41, 5.74) is 17.6. The molecule has 0 aromatic heterocycles. The molecule has 0 amide bonds. The van der Waals surface area contributed by atoms with Crippen molar-refractivity contribution in [1.82, 2.24) is 0 Å². The Morgan fingerprint density at radius 1 is 1.30 bits per heavy atom. The summed E-state index contributed by atoms with van der Waals surface area (Å²) in [6.45, 7) is -0.113. The zero-order valence-corrected chi connectivity index (χ0v) is 14.4. The minimum atomic E-state index is -0.663. The number of aliphatic hydroxyl groups excluding tert-OH is 2. The van der Waals surface area contributed by atoms with Crippen LogP contribution in [0.15, 0.2) is 0 Å². The van der Waals surface area contributed by atoms with Crippen LogP contribution in [0.4, 0.5) is 0 Å². The Bertz CT molecular complexity index is 317. The second kappa shape index (κ2) is 10.8. The number of hydrogen-bond donors (Lipinski definition) is 6. The third-order valence-electron chi connectivity index (χ3n) is 4.17. The van der Waals surface area contributed by atoms with Gasteiger partial charge in [0.1, 0.15) is 6.10 Å². The summed E-state index contributed by atoms with van der Waals surface area (Å²) in [5, 5.41) is 19.1. The molecule has 1 aliphatic carbocycles. The molecule has 1 heterocycles. The van der Waals surface area contributed by atoms with Crippen LogP contribution in [0, 0.1) is 0 Å². The zero-order chi connectivity index (χ0) is 17.4. The summed E-state index contributed by atoms with van der Waals surface area (Å²) in [6, 6.07) is -0.772. The molecule has 0 aromatic rings. The SMILES string of the molecule is CSO.NC1CC(N)[C@@H](O[C@@H]2CCCC(C(N)CO)O2)C(O)C1. The Morgan fingerprint density at radius 3 is 2.52 bits per heavy atom. The molecule has 0 aromatic carbocycles. The maximum atomic E-state index is 10.1. The third-order valence-corrected chi connectivity index (χ3v) is 4.17. The van der Waals surface area contributed by atoms with E-state index in [0.29, 0.717) is 12.8 Å². The quantitative estimate of drug-likeness (QED) is 0.357. The van der Waals surface area contributed by atoms with Crippen LogP contribution in [0.1, 0.15) is 32.1 Å². The van der Waals surface area contributed by atoms with Gasteiger partial charge < -0.3 is 41.4 Å². The highest BCUT2D eigenvalue weighted by molar-refractivity contribution is 7.93. The smallest absolute Gasteiger partial charge is 0.158 e. The van der Waals surface area contributed by atoms with Crippen molar-refractivity contribution < 1.29 is 24.2 Å². The standard InChI is InChI=1S/C13H27N3O4.CH4OS/c14-7-4-8(15)13(10(18)5-7)20-12-3-1-2-11(19-12)9(16)6-17;1-3-2/h7-13,17-18H,1-6,14-16H2;2H,1H3/t7?,8?,9?,10?,11?,12-,13-;/m1./s1. The Kier molecular flexibility index (Phi) is 9.90. The number of nitrogens with two attached hydrogens (primary N) is 3. The van der Waals surface area contributed by atoms with E-state index in [0.717, 1.165) is 31.3 Å². The summed E-state index contributed by atoms with van der Waals surface area (Å²) in [6.07, 6.45) is 3.44. The summed E-state index contributed by atoms with van der Waals surface area (Å²) in [5.74, 6) is 0. The first-order valence-corrected chi connectivity index (χ1v) is 9.15. The van der Waals surface area contributed by atoms with Gasteiger partial charge in [0.2, 0.25) is 0 Å². The van der Waals surface area contributed by atoms with E-state index in [1.54, 1.807) is 6.26 Å². The second-order valence-corrected chi connectivity index (χ2v) is 6.49. The number of ether oxygens (including phenoxy) is 2. The van der Waals surface area contributed by atoms with Gasteiger partial charge in [0.05, 0.1) is 24.9 Å². The Morgan fingerprint density at radius 2 is 1.96 bits per heavy atom. The largest absolute Gasteiger partial charge is 0.395 e. The summed E-state index contributed by atoms with van der Waals surface area (Å²) in [7, 11) is 0. The molecule has 9 N–H and O–H groups in total. The molecule has 2 fully saturated rings. The van der Waals surface area contributed by atoms with Crippen LogP contribution in [-0.4, -0.2) is 70.4 Å². The van der Waals surface area contributed by atoms with Crippen molar-refractivity contribution in [2.24, 2.45) is 17.2 Å². The monoisotopic (exact) mass is 353 g/mol. The van der Waals surface area contributed by atoms with Crippen LogP contribution >= 0.6 is 12.0 Å². The minimum absolute atomic E-state index is 0.0808. The average molecular weight is 353 g/mol. The molecule has 2 rings (SSSR count). The highest BCUT2D eigenvalue weighted by atomic mass is 32.2. The molecule has 0 bridgehead atoms. The molecule has 23 heavy (non-hydrogen) atoms. The van der Waals surface area contributed by atoms with Crippen LogP contribution in [0.3, 0.4) is 0 Å². The van der Waals surface area contributed by atoms with Crippen molar-refractivity contribution in [3.63, 3.8) is 0 Å². The molecule has 0 radical (unpaired) electrons. The van der Waals surface area contributed by atoms with Gasteiger partial charge in [-0.05, 0) is 44.1 Å². The third kappa shape index (κ3) is 6.81. The van der Waals surface area contributed by atoms with Crippen LogP contribution < -0.4 is 17.2 Å². The van der Waals surface area contributed by atoms with Gasteiger partial charge >= 0.3 is 0 Å². The first kappa shape index (κ1) is 21.1. The van der Waals surface area contributed by atoms with E-state index in [1.165, 1.54) is 0 Å². The molecule has 1 saturated heterocycles. The van der Waals surface area contributed by atoms with E-state index in [1.807, 2.05) is 0 Å². The molecular weight excluding hydrogens is 322 g/mol. The van der Waals surface area contributed by atoms with Gasteiger partial charge in [0.25, 0.3) is 0 Å². The summed E-state index contributed by atoms with van der Waals surface area (Å²) >= 11 is 0.750. The fraction of sp³-hybridized carbons (Fsp3) is 1.00. The fourth-order valence-electron chi connectivity index (χ4n) is 3.03. The molecule has 0 spiro atoms. The van der Waals surface area contributed by atoms with Crippen molar-refractivity contribution in [2.45, 2.75) is 74.8 Å². The van der Waals surface area contributed by atoms with Crippen molar-refractivity contribution in [3.05, 3.63) is 0 Å². The van der Waals surface area contributed by atoms with Gasteiger partial charge in [0, 0.05) is 18.3 Å². The Balaban J connectivity index is 0.000000816. The van der Waals surface area contributed by atoms with E-state index in [4.69, 9.17) is 36.3 Å². The second-order valence-electron chi connectivity index (χ2n) is 6.13. The van der Waals surface area contributed by atoms with Crippen LogP contribution in [-0.2, 0) is 9.47 Å². The number of hydrogen-bond acceptors (Lipinski definition) is 9. The molecular formula is C14H31N3O5S. The molecule has 5 unspecified atom stereocenters. The fourth-order valence-corrected chi connectivity index (χ4v) is 3.03. The summed E-state index contributed by atoms with van der Waals surface area (Å²) < 4.78 is 19.1. The van der Waals surface area contributed by atoms with Gasteiger partial charge in [-0.15, -0.1) is 0 Å². The van der Waals surface area contributed by atoms with Gasteiger partial charge in [-0.1, -0.05) is 0 Å². The molecule has 9 heteroatoms. The van der Waals surface area contributed by atoms with Crippen molar-refractivity contribution >= 4 is 12.0 Å². The number of aliphatic hydroxyl groups is 2. The lowest BCUT2D eigenvalue weighted by Gasteiger charge is -2.40. The first-order valence-electron chi connectivity index (χ1n) is 7.97. The minimum Gasteiger partial charge on any atom is -0.395 e. The lowest BCUT2D eigenvalue weighted by molar-refractivity contribution is -0.241. The lowest BCUT2D eigenvalue weighted by atomic mass is 9.87. The molecule has 2 aliphatic rings. The molecule has 7 atom stereocenters. The predicted octanol–water partition coefficient (Wildman–Crippen LogP) is -0.782. The van der Waals surface area contributed by atoms with Crippen LogP contribution in [0.25, 0.3) is 0 Å². The summed E-state index contributed by atoms with van der Waals surface area (Å²) in [4.78, 5) is 0. The maximum absolute atomic E-state index is 10.1. The topological polar surface area (TPSA) is 157 Å². The highest BCUT2D eigenvalue weighted by Crippen LogP contribution is 2.27. The highest BCUT2D eigenvalue weighted by Gasteiger charge is 2.37. The predicted molar refractivity (Wildman–Crippen MR) is 89.8 cm³/mol. The van der Waals surface area contributed by atoms with Gasteiger partial charge in [0.15, 0.2) is 6.29 Å². The number of rotatable bonds is 4. The van der Waals surface area contributed by atoms with Crippen LogP contribution in [0.2, 0.25) is 0 Å². The molecule has 8 nitrogen and oxygen atoms in total. The van der Waals surface area contributed by atoms with Gasteiger partial charge in [-0.25, -0.2) is 0 Å². The van der Waals surface area contributed by atoms with E-state index in [-0.39, 0.29) is 24.8 Å². The normalized spacial score (nSPS) is 39.3. The Labute approximate surface area is 141 Å². The molecule has 1 aliphatic heterocycles. The van der Waals surface area contributed by atoms with Crippen LogP contribution in [0.5, 0.6) is 0 Å². The molecule has 1 saturated carbocycles. The van der Waals surface area contributed by atoms with E-state index in [2.05, 4.69) is 0 Å². The molecule has 138 valence electrons. The maximum Gasteiger partial charge on any atom is 0.158 e. The zero-order valence-electron chi connectivity index (χ0n) is 13.6. The van der Waals surface area contributed by atoms with Gasteiger partial charge in [-0.2, -0.15) is 0 Å². The van der Waals surface area contributed by atoms with Gasteiger partial charge in [-0.3, -0.25) is 0 Å². The van der Waals surface area contributed by atoms with E-state index >= 15 is 0 Å². The van der Waals surface area contributed by atoms with E-state index in [9.17, 15) is 5.11 Å². The van der Waals surface area contributed by atoms with Crippen molar-refractivity contribution in [1.29, 1.82) is 0 Å². The average Bonchev–Trinajstić information content (AvgIpc) is 2.51. The van der Waals surface area contributed by atoms with Crippen molar-refractivity contribution in [2.75, 3.05) is 12.9 Å². The Hall–Kier alpha value is 0.0300.